The molecule has 0 spiro atoms. The standard InChI is InChI=1S/C25H31NO7/c1-12-10-26-11-13-5-6-16(27)18-14(7-8-33-24(30)32-4)19(23(29)31-3)20-21(18)25(13,2)17(26)9-15(12)22(20)28/h12-13,15,17,28H,5-11H2,1-4H3. The minimum Gasteiger partial charge on any atom is -0.511 e. The van der Waals surface area contributed by atoms with Crippen molar-refractivity contribution in [2.45, 2.75) is 45.6 Å². The minimum atomic E-state index is -0.823. The van der Waals surface area contributed by atoms with Crippen LogP contribution in [0.5, 0.6) is 0 Å². The van der Waals surface area contributed by atoms with Crippen LogP contribution in [0.1, 0.15) is 39.5 Å². The summed E-state index contributed by atoms with van der Waals surface area (Å²) in [7, 11) is 2.53. The number of rotatable bonds is 4. The maximum absolute atomic E-state index is 13.5. The zero-order valence-corrected chi connectivity index (χ0v) is 19.6. The van der Waals surface area contributed by atoms with Crippen LogP contribution in [0.2, 0.25) is 0 Å². The number of esters is 1. The number of fused-ring (bicyclic) bond motifs is 1. The third-order valence-electron chi connectivity index (χ3n) is 8.75. The molecule has 2 aliphatic heterocycles. The average molecular weight is 458 g/mol. The van der Waals surface area contributed by atoms with Gasteiger partial charge < -0.3 is 19.3 Å². The summed E-state index contributed by atoms with van der Waals surface area (Å²) in [4.78, 5) is 40.7. The number of Topliss-reactive ketones (excluding diaryl/α,β-unsaturated/α-hetero) is 1. The monoisotopic (exact) mass is 457 g/mol. The number of nitrogens with zero attached hydrogens (tertiary/aromatic N) is 1. The molecular formula is C25H31NO7. The molecule has 1 N–H and O–H groups in total. The fourth-order valence-electron chi connectivity index (χ4n) is 7.23. The summed E-state index contributed by atoms with van der Waals surface area (Å²) in [5, 5.41) is 11.6. The van der Waals surface area contributed by atoms with Crippen molar-refractivity contribution >= 4 is 17.9 Å². The predicted molar refractivity (Wildman–Crippen MR) is 117 cm³/mol. The lowest BCUT2D eigenvalue weighted by Crippen LogP contribution is -2.47. The number of ketones is 1. The van der Waals surface area contributed by atoms with Gasteiger partial charge in [0.25, 0.3) is 0 Å². The van der Waals surface area contributed by atoms with Gasteiger partial charge in [0.1, 0.15) is 5.76 Å². The van der Waals surface area contributed by atoms with Gasteiger partial charge in [0.15, 0.2) is 5.78 Å². The molecule has 2 fully saturated rings. The molecule has 0 aromatic rings. The Morgan fingerprint density at radius 2 is 1.94 bits per heavy atom. The van der Waals surface area contributed by atoms with E-state index in [-0.39, 0.29) is 59.4 Å². The van der Waals surface area contributed by atoms with Crippen molar-refractivity contribution in [1.29, 1.82) is 0 Å². The molecule has 178 valence electrons. The molecule has 2 saturated heterocycles. The number of allylic oxidation sites excluding steroid dienone is 2. The fraction of sp³-hybridized carbons (Fsp3) is 0.640. The first kappa shape index (κ1) is 22.2. The number of piperidine rings is 1. The van der Waals surface area contributed by atoms with E-state index in [1.807, 2.05) is 0 Å². The molecule has 33 heavy (non-hydrogen) atoms. The second-order valence-electron chi connectivity index (χ2n) is 10.1. The highest BCUT2D eigenvalue weighted by atomic mass is 16.7. The van der Waals surface area contributed by atoms with E-state index in [4.69, 9.17) is 9.47 Å². The normalized spacial score (nSPS) is 35.0. The molecule has 0 amide bonds. The summed E-state index contributed by atoms with van der Waals surface area (Å²) >= 11 is 0. The Bertz CT molecular complexity index is 1040. The summed E-state index contributed by atoms with van der Waals surface area (Å²) < 4.78 is 14.8. The van der Waals surface area contributed by atoms with E-state index >= 15 is 0 Å². The van der Waals surface area contributed by atoms with Gasteiger partial charge in [-0.25, -0.2) is 9.59 Å². The number of carbonyl (C=O) groups is 3. The van der Waals surface area contributed by atoms with Crippen LogP contribution in [-0.4, -0.2) is 67.9 Å². The van der Waals surface area contributed by atoms with Crippen LogP contribution >= 0.6 is 0 Å². The molecule has 0 saturated carbocycles. The van der Waals surface area contributed by atoms with E-state index in [1.54, 1.807) is 0 Å². The summed E-state index contributed by atoms with van der Waals surface area (Å²) in [6.07, 6.45) is 1.32. The lowest BCUT2D eigenvalue weighted by Gasteiger charge is -2.43. The van der Waals surface area contributed by atoms with E-state index in [2.05, 4.69) is 23.5 Å². The number of carbonyl (C=O) groups excluding carboxylic acids is 3. The number of hydrogen-bond donors (Lipinski definition) is 1. The number of hydrogen-bond acceptors (Lipinski definition) is 8. The van der Waals surface area contributed by atoms with Crippen LogP contribution in [-0.2, 0) is 23.8 Å². The van der Waals surface area contributed by atoms with Gasteiger partial charge in [-0.15, -0.1) is 0 Å². The quantitative estimate of drug-likeness (QED) is 0.643. The number of ether oxygens (including phenoxy) is 3. The Balaban J connectivity index is 1.75. The van der Waals surface area contributed by atoms with E-state index in [0.29, 0.717) is 23.1 Å². The van der Waals surface area contributed by atoms with Crippen LogP contribution in [0.3, 0.4) is 0 Å². The molecule has 2 bridgehead atoms. The van der Waals surface area contributed by atoms with Gasteiger partial charge in [0.05, 0.1) is 26.4 Å². The smallest absolute Gasteiger partial charge is 0.507 e. The molecule has 0 radical (unpaired) electrons. The molecule has 5 rings (SSSR count). The SMILES string of the molecule is COC(=O)OCCC1=C(C(=O)OC)C2=C(O)C3CC4N(CC3C)CC3CCC(=O)C1=C2C34C. The van der Waals surface area contributed by atoms with Crippen LogP contribution in [0.4, 0.5) is 4.79 Å². The van der Waals surface area contributed by atoms with Crippen molar-refractivity contribution in [2.75, 3.05) is 33.9 Å². The number of aliphatic hydroxyl groups excluding tert-OH is 1. The van der Waals surface area contributed by atoms with Gasteiger partial charge in [-0.2, -0.15) is 0 Å². The maximum Gasteiger partial charge on any atom is 0.507 e. The van der Waals surface area contributed by atoms with Gasteiger partial charge in [0.2, 0.25) is 0 Å². The Labute approximate surface area is 193 Å². The summed E-state index contributed by atoms with van der Waals surface area (Å²) in [5.74, 6) is -0.00329. The molecule has 5 atom stereocenters. The van der Waals surface area contributed by atoms with Crippen molar-refractivity contribution in [3.63, 3.8) is 0 Å². The highest BCUT2D eigenvalue weighted by Gasteiger charge is 2.62. The van der Waals surface area contributed by atoms with Crippen LogP contribution in [0.25, 0.3) is 0 Å². The van der Waals surface area contributed by atoms with Crippen LogP contribution < -0.4 is 0 Å². The van der Waals surface area contributed by atoms with E-state index in [0.717, 1.165) is 31.5 Å². The molecule has 2 heterocycles. The van der Waals surface area contributed by atoms with Crippen molar-refractivity contribution in [3.05, 3.63) is 33.6 Å². The number of aliphatic hydroxyl groups is 1. The van der Waals surface area contributed by atoms with E-state index in [1.165, 1.54) is 14.2 Å². The minimum absolute atomic E-state index is 0.0195. The topological polar surface area (TPSA) is 102 Å². The summed E-state index contributed by atoms with van der Waals surface area (Å²) in [6.45, 7) is 6.13. The van der Waals surface area contributed by atoms with E-state index < -0.39 is 12.1 Å². The van der Waals surface area contributed by atoms with Crippen molar-refractivity contribution in [3.8, 4) is 0 Å². The van der Waals surface area contributed by atoms with Gasteiger partial charge >= 0.3 is 12.1 Å². The van der Waals surface area contributed by atoms with Crippen LogP contribution in [0, 0.1) is 23.2 Å². The van der Waals surface area contributed by atoms with Crippen molar-refractivity contribution in [1.82, 2.24) is 4.90 Å². The fourth-order valence-corrected chi connectivity index (χ4v) is 7.23. The molecule has 5 aliphatic rings. The second-order valence-corrected chi connectivity index (χ2v) is 10.1. The van der Waals surface area contributed by atoms with Gasteiger partial charge in [-0.05, 0) is 35.8 Å². The highest BCUT2D eigenvalue weighted by Crippen LogP contribution is 2.64. The summed E-state index contributed by atoms with van der Waals surface area (Å²) in [6, 6.07) is 0.198. The van der Waals surface area contributed by atoms with Crippen molar-refractivity contribution in [2.24, 2.45) is 23.2 Å². The van der Waals surface area contributed by atoms with Gasteiger partial charge in [-0.3, -0.25) is 9.69 Å². The number of methoxy groups -OCH3 is 2. The third kappa shape index (κ3) is 2.95. The van der Waals surface area contributed by atoms with Gasteiger partial charge in [0, 0.05) is 54.5 Å². The third-order valence-corrected chi connectivity index (χ3v) is 8.75. The molecule has 8 heteroatoms. The Hall–Kier alpha value is -2.61. The molecule has 0 aromatic heterocycles. The highest BCUT2D eigenvalue weighted by molar-refractivity contribution is 6.10. The molecule has 5 unspecified atom stereocenters. The molecular weight excluding hydrogens is 426 g/mol. The first-order valence-corrected chi connectivity index (χ1v) is 11.7. The first-order chi connectivity index (χ1) is 15.7. The Kier molecular flexibility index (Phi) is 5.19. The predicted octanol–water partition coefficient (Wildman–Crippen LogP) is 3.09. The summed E-state index contributed by atoms with van der Waals surface area (Å²) in [5.41, 5.74) is 2.24. The Morgan fingerprint density at radius 1 is 1.18 bits per heavy atom. The van der Waals surface area contributed by atoms with Gasteiger partial charge in [-0.1, -0.05) is 13.8 Å². The first-order valence-electron chi connectivity index (χ1n) is 11.7. The lowest BCUT2D eigenvalue weighted by atomic mass is 9.65. The van der Waals surface area contributed by atoms with E-state index in [9.17, 15) is 19.5 Å². The second kappa shape index (κ2) is 7.72. The largest absolute Gasteiger partial charge is 0.511 e. The van der Waals surface area contributed by atoms with Crippen LogP contribution in [0.15, 0.2) is 33.6 Å². The molecule has 3 aliphatic carbocycles. The average Bonchev–Trinajstić information content (AvgIpc) is 3.22. The zero-order valence-electron chi connectivity index (χ0n) is 19.6. The molecule has 8 nitrogen and oxygen atoms in total. The zero-order chi connectivity index (χ0) is 23.7. The maximum atomic E-state index is 13.5. The Morgan fingerprint density at radius 3 is 2.64 bits per heavy atom. The molecule has 0 aromatic carbocycles. The lowest BCUT2D eigenvalue weighted by molar-refractivity contribution is -0.135. The van der Waals surface area contributed by atoms with Crippen molar-refractivity contribution < 1.29 is 33.7 Å².